The minimum Gasteiger partial charge on any atom is -0.489 e. The highest BCUT2D eigenvalue weighted by Gasteiger charge is 2.27. The van der Waals surface area contributed by atoms with Gasteiger partial charge in [0.05, 0.1) is 34.1 Å². The Kier molecular flexibility index (Phi) is 4.93. The van der Waals surface area contributed by atoms with Crippen LogP contribution in [0.5, 0.6) is 5.75 Å². The van der Waals surface area contributed by atoms with Gasteiger partial charge in [-0.3, -0.25) is 9.48 Å². The smallest absolute Gasteiger partial charge is 0.272 e. The molecule has 0 radical (unpaired) electrons. The van der Waals surface area contributed by atoms with E-state index >= 15 is 0 Å². The summed E-state index contributed by atoms with van der Waals surface area (Å²) in [6, 6.07) is 11.2. The molecular formula is C23H19ClN6O2. The van der Waals surface area contributed by atoms with Gasteiger partial charge in [0.15, 0.2) is 0 Å². The molecule has 0 saturated heterocycles. The van der Waals surface area contributed by atoms with Gasteiger partial charge in [0.25, 0.3) is 5.56 Å². The summed E-state index contributed by atoms with van der Waals surface area (Å²) in [5, 5.41) is 22.5. The molecule has 0 spiro atoms. The fourth-order valence-electron chi connectivity index (χ4n) is 3.85. The lowest BCUT2D eigenvalue weighted by molar-refractivity contribution is 0.302. The molecule has 2 aromatic heterocycles. The van der Waals surface area contributed by atoms with Crippen LogP contribution in [0.1, 0.15) is 24.1 Å². The number of H-pyrrole nitrogens is 1. The Hall–Kier alpha value is -3.67. The first-order valence-corrected chi connectivity index (χ1v) is 10.5. The van der Waals surface area contributed by atoms with Gasteiger partial charge >= 0.3 is 0 Å². The lowest BCUT2D eigenvalue weighted by Crippen LogP contribution is -2.13. The number of ether oxygens (including phenoxy) is 1. The molecule has 0 atom stereocenters. The van der Waals surface area contributed by atoms with Gasteiger partial charge in [-0.1, -0.05) is 17.7 Å². The molecule has 1 aliphatic carbocycles. The normalized spacial score (nSPS) is 13.3. The summed E-state index contributed by atoms with van der Waals surface area (Å²) in [7, 11) is 1.80. The number of halogens is 1. The molecule has 0 amide bonds. The number of fused-ring (bicyclic) bond motifs is 1. The van der Waals surface area contributed by atoms with Crippen LogP contribution in [0.3, 0.4) is 0 Å². The van der Waals surface area contributed by atoms with E-state index in [2.05, 4.69) is 21.4 Å². The number of rotatable bonds is 5. The number of hydrogen-bond acceptors (Lipinski definition) is 6. The quantitative estimate of drug-likeness (QED) is 0.483. The highest BCUT2D eigenvalue weighted by molar-refractivity contribution is 6.34. The highest BCUT2D eigenvalue weighted by Crippen LogP contribution is 2.42. The number of aromatic amines is 1. The molecule has 0 aliphatic heterocycles. The third-order valence-electron chi connectivity index (χ3n) is 5.59. The maximum Gasteiger partial charge on any atom is 0.272 e. The fraction of sp³-hybridized carbons (Fsp3) is 0.217. The topological polar surface area (TPSA) is 123 Å². The van der Waals surface area contributed by atoms with Gasteiger partial charge in [0.2, 0.25) is 0 Å². The second kappa shape index (κ2) is 7.79. The summed E-state index contributed by atoms with van der Waals surface area (Å²) in [5.74, 6) is 0.515. The van der Waals surface area contributed by atoms with Gasteiger partial charge in [-0.25, -0.2) is 5.10 Å². The zero-order valence-corrected chi connectivity index (χ0v) is 18.0. The van der Waals surface area contributed by atoms with Gasteiger partial charge < -0.3 is 10.5 Å². The number of nitrogens with one attached hydrogen (secondary N) is 1. The van der Waals surface area contributed by atoms with E-state index < -0.39 is 0 Å². The number of nitrogens with zero attached hydrogens (tertiary/aromatic N) is 4. The molecule has 1 saturated carbocycles. The van der Waals surface area contributed by atoms with E-state index in [1.165, 1.54) is 0 Å². The molecule has 3 N–H and O–H groups in total. The van der Waals surface area contributed by atoms with Crippen molar-refractivity contribution in [2.75, 3.05) is 0 Å². The van der Waals surface area contributed by atoms with E-state index in [1.54, 1.807) is 36.1 Å². The van der Waals surface area contributed by atoms with Crippen LogP contribution in [0.4, 0.5) is 0 Å². The van der Waals surface area contributed by atoms with Crippen LogP contribution in [0.15, 0.2) is 41.3 Å². The van der Waals surface area contributed by atoms with E-state index in [4.69, 9.17) is 22.1 Å². The van der Waals surface area contributed by atoms with Crippen molar-refractivity contribution in [2.24, 2.45) is 12.8 Å². The standard InChI is InChI=1S/C23H19ClN6O2/c1-30-22(21-16(9-25)20(7-6-18(21)24)32-13-3-4-13)17(11-27-30)12-2-5-14-15(8-12)19(10-26)28-29-23(14)31/h2,5-8,11,13H,3-4,10,26H2,1H3,(H,29,31). The third-order valence-corrected chi connectivity index (χ3v) is 5.91. The minimum atomic E-state index is -0.283. The van der Waals surface area contributed by atoms with Gasteiger partial charge in [0, 0.05) is 30.1 Å². The predicted molar refractivity (Wildman–Crippen MR) is 121 cm³/mol. The number of hydrogen-bond donors (Lipinski definition) is 2. The first kappa shape index (κ1) is 20.2. The van der Waals surface area contributed by atoms with Crippen molar-refractivity contribution < 1.29 is 4.74 Å². The van der Waals surface area contributed by atoms with Crippen molar-refractivity contribution in [2.45, 2.75) is 25.5 Å². The summed E-state index contributed by atoms with van der Waals surface area (Å²) < 4.78 is 7.64. The highest BCUT2D eigenvalue weighted by atomic mass is 35.5. The van der Waals surface area contributed by atoms with Gasteiger partial charge in [-0.05, 0) is 42.7 Å². The Bertz CT molecular complexity index is 1460. The Balaban J connectivity index is 1.74. The molecule has 0 unspecified atom stereocenters. The van der Waals surface area contributed by atoms with Crippen molar-refractivity contribution in [1.82, 2.24) is 20.0 Å². The van der Waals surface area contributed by atoms with Crippen molar-refractivity contribution in [1.29, 1.82) is 5.26 Å². The van der Waals surface area contributed by atoms with E-state index in [0.29, 0.717) is 44.1 Å². The van der Waals surface area contributed by atoms with E-state index in [0.717, 1.165) is 24.0 Å². The third kappa shape index (κ3) is 3.32. The molecule has 160 valence electrons. The molecule has 8 nitrogen and oxygen atoms in total. The van der Waals surface area contributed by atoms with Crippen LogP contribution >= 0.6 is 11.6 Å². The fourth-order valence-corrected chi connectivity index (χ4v) is 4.10. The molecule has 9 heteroatoms. The second-order valence-corrected chi connectivity index (χ2v) is 8.13. The minimum absolute atomic E-state index is 0.142. The van der Waals surface area contributed by atoms with Crippen LogP contribution in [-0.2, 0) is 13.6 Å². The van der Waals surface area contributed by atoms with Crippen LogP contribution in [-0.4, -0.2) is 26.1 Å². The van der Waals surface area contributed by atoms with Crippen LogP contribution < -0.4 is 16.0 Å². The Morgan fingerprint density at radius 3 is 2.84 bits per heavy atom. The number of aryl methyl sites for hydroxylation is 1. The summed E-state index contributed by atoms with van der Waals surface area (Å²) in [5.41, 5.74) is 9.31. The first-order valence-electron chi connectivity index (χ1n) is 10.1. The largest absolute Gasteiger partial charge is 0.489 e. The molecule has 1 aliphatic rings. The molecule has 0 bridgehead atoms. The maximum atomic E-state index is 12.2. The van der Waals surface area contributed by atoms with E-state index in [-0.39, 0.29) is 18.2 Å². The average Bonchev–Trinajstić information content (AvgIpc) is 3.54. The molecule has 4 aromatic rings. The number of nitrogens with two attached hydrogens (primary N) is 1. The molecule has 5 rings (SSSR count). The van der Waals surface area contributed by atoms with E-state index in [9.17, 15) is 10.1 Å². The van der Waals surface area contributed by atoms with Crippen molar-refractivity contribution in [3.05, 3.63) is 63.2 Å². The molecule has 1 fully saturated rings. The van der Waals surface area contributed by atoms with Crippen LogP contribution in [0.2, 0.25) is 5.02 Å². The number of benzene rings is 2. The summed E-state index contributed by atoms with van der Waals surface area (Å²) in [4.78, 5) is 12.2. The van der Waals surface area contributed by atoms with Crippen molar-refractivity contribution >= 4 is 22.4 Å². The Labute approximate surface area is 188 Å². The predicted octanol–water partition coefficient (Wildman–Crippen LogP) is 3.52. The first-order chi connectivity index (χ1) is 15.5. The molecular weight excluding hydrogens is 428 g/mol. The molecule has 2 aromatic carbocycles. The summed E-state index contributed by atoms with van der Waals surface area (Å²) in [6.45, 7) is 0.182. The molecule has 32 heavy (non-hydrogen) atoms. The van der Waals surface area contributed by atoms with Crippen molar-refractivity contribution in [3.63, 3.8) is 0 Å². The average molecular weight is 447 g/mol. The SMILES string of the molecule is Cn1ncc(-c2ccc3c(=O)[nH]nc(CN)c3c2)c1-c1c(Cl)ccc(OC2CC2)c1C#N. The van der Waals surface area contributed by atoms with Crippen molar-refractivity contribution in [3.8, 4) is 34.2 Å². The van der Waals surface area contributed by atoms with Gasteiger partial charge in [0.1, 0.15) is 17.4 Å². The number of nitriles is 1. The second-order valence-electron chi connectivity index (χ2n) is 7.72. The summed E-state index contributed by atoms with van der Waals surface area (Å²) >= 11 is 6.60. The summed E-state index contributed by atoms with van der Waals surface area (Å²) in [6.07, 6.45) is 3.81. The van der Waals surface area contributed by atoms with Crippen LogP contribution in [0, 0.1) is 11.3 Å². The monoisotopic (exact) mass is 446 g/mol. The lowest BCUT2D eigenvalue weighted by atomic mass is 9.96. The van der Waals surface area contributed by atoms with Gasteiger partial charge in [-0.2, -0.15) is 15.5 Å². The Morgan fingerprint density at radius 2 is 2.12 bits per heavy atom. The molecule has 2 heterocycles. The van der Waals surface area contributed by atoms with Gasteiger partial charge in [-0.15, -0.1) is 0 Å². The lowest BCUT2D eigenvalue weighted by Gasteiger charge is -2.15. The zero-order chi connectivity index (χ0) is 22.4. The Morgan fingerprint density at radius 1 is 1.31 bits per heavy atom. The number of aromatic nitrogens is 4. The van der Waals surface area contributed by atoms with Crippen LogP contribution in [0.25, 0.3) is 33.2 Å². The zero-order valence-electron chi connectivity index (χ0n) is 17.2. The maximum absolute atomic E-state index is 12.2. The van der Waals surface area contributed by atoms with E-state index in [1.807, 2.05) is 12.1 Å².